The molecule has 0 radical (unpaired) electrons. The molecule has 1 heterocycles. The molecule has 0 aliphatic carbocycles. The first-order chi connectivity index (χ1) is 16.3. The van der Waals surface area contributed by atoms with Gasteiger partial charge in [0.15, 0.2) is 0 Å². The van der Waals surface area contributed by atoms with Crippen molar-refractivity contribution in [3.63, 3.8) is 0 Å². The highest BCUT2D eigenvalue weighted by Gasteiger charge is 2.35. The quantitative estimate of drug-likeness (QED) is 0.140. The molecule has 0 saturated heterocycles. The second-order valence-electron chi connectivity index (χ2n) is 7.75. The number of nitrogens with zero attached hydrogens (tertiary/aromatic N) is 1. The monoisotopic (exact) mass is 500 g/mol. The van der Waals surface area contributed by atoms with Crippen molar-refractivity contribution in [2.75, 3.05) is 38.2 Å². The van der Waals surface area contributed by atoms with Gasteiger partial charge < -0.3 is 29.6 Å². The highest BCUT2D eigenvalue weighted by Crippen LogP contribution is 2.13. The summed E-state index contributed by atoms with van der Waals surface area (Å²) >= 11 is 0. The van der Waals surface area contributed by atoms with Gasteiger partial charge in [0.05, 0.1) is 0 Å². The van der Waals surface area contributed by atoms with Crippen LogP contribution in [0.15, 0.2) is 10.9 Å². The third-order valence-electron chi connectivity index (χ3n) is 4.72. The minimum Gasteiger partial charge on any atom is -0.390 e. The Hall–Kier alpha value is -2.48. The first-order valence-electron chi connectivity index (χ1n) is 11.9. The molecule has 4 amide bonds. The van der Waals surface area contributed by atoms with Crippen molar-refractivity contribution in [2.24, 2.45) is 0 Å². The molecule has 0 aliphatic rings. The summed E-state index contributed by atoms with van der Waals surface area (Å²) in [7, 11) is -3.07. The Morgan fingerprint density at radius 3 is 2.00 bits per heavy atom. The van der Waals surface area contributed by atoms with Crippen molar-refractivity contribution in [2.45, 2.75) is 65.3 Å². The van der Waals surface area contributed by atoms with Gasteiger partial charge in [-0.25, -0.2) is 14.6 Å². The number of hydrogen-bond acceptors (Lipinski definition) is 7. The van der Waals surface area contributed by atoms with Crippen LogP contribution >= 0.6 is 0 Å². The Morgan fingerprint density at radius 2 is 1.47 bits per heavy atom. The standard InChI is InChI=1S/C21H40N6O6Si/c1-4-32-34(31,33-5-2)15-11-10-14-23-20(29)22-12-8-6-7-9-13-24-21(30)27-19-25-17(3)16-18(28)26-19/h16,31H,4-15H2,1-3H3,(H2,22,23,29)(H3,24,25,26,27,28,30). The van der Waals surface area contributed by atoms with Crippen molar-refractivity contribution >= 4 is 26.8 Å². The van der Waals surface area contributed by atoms with E-state index in [0.717, 1.165) is 32.1 Å². The van der Waals surface area contributed by atoms with Gasteiger partial charge in [-0.1, -0.05) is 12.8 Å². The number of aromatic amines is 1. The maximum Gasteiger partial charge on any atom is 0.498 e. The summed E-state index contributed by atoms with van der Waals surface area (Å²) in [6, 6.07) is 1.20. The van der Waals surface area contributed by atoms with E-state index < -0.39 is 14.8 Å². The fourth-order valence-electron chi connectivity index (χ4n) is 3.17. The van der Waals surface area contributed by atoms with Crippen molar-refractivity contribution < 1.29 is 23.2 Å². The lowest BCUT2D eigenvalue weighted by atomic mass is 10.2. The molecule has 12 nitrogen and oxygen atoms in total. The summed E-state index contributed by atoms with van der Waals surface area (Å²) in [5.74, 6) is 0.117. The van der Waals surface area contributed by atoms with E-state index in [-0.39, 0.29) is 17.5 Å². The highest BCUT2D eigenvalue weighted by atomic mass is 28.4. The van der Waals surface area contributed by atoms with Crippen LogP contribution in [0.5, 0.6) is 0 Å². The van der Waals surface area contributed by atoms with Crippen LogP contribution in [0.3, 0.4) is 0 Å². The smallest absolute Gasteiger partial charge is 0.390 e. The number of amides is 4. The number of aromatic nitrogens is 2. The van der Waals surface area contributed by atoms with Crippen LogP contribution in [0.25, 0.3) is 0 Å². The Bertz CT molecular complexity index is 787. The Labute approximate surface area is 202 Å². The molecule has 0 bridgehead atoms. The number of nitrogens with one attached hydrogen (secondary N) is 5. The fraction of sp³-hybridized carbons (Fsp3) is 0.714. The number of carbonyl (C=O) groups is 2. The van der Waals surface area contributed by atoms with Gasteiger partial charge >= 0.3 is 20.9 Å². The van der Waals surface area contributed by atoms with E-state index in [4.69, 9.17) is 8.85 Å². The average molecular weight is 501 g/mol. The predicted octanol–water partition coefficient (Wildman–Crippen LogP) is 1.84. The lowest BCUT2D eigenvalue weighted by Crippen LogP contribution is -2.42. The van der Waals surface area contributed by atoms with E-state index in [1.165, 1.54) is 6.07 Å². The molecule has 34 heavy (non-hydrogen) atoms. The van der Waals surface area contributed by atoms with Crippen molar-refractivity contribution in [1.82, 2.24) is 25.9 Å². The van der Waals surface area contributed by atoms with Gasteiger partial charge in [-0.05, 0) is 46.5 Å². The SMILES string of the molecule is CCO[Si](O)(CCCCNC(=O)NCCCCCCNC(=O)Nc1nc(C)cc(=O)[nH]1)OCC. The second-order valence-corrected chi connectivity index (χ2v) is 10.3. The Kier molecular flexibility index (Phi) is 14.8. The highest BCUT2D eigenvalue weighted by molar-refractivity contribution is 6.59. The normalized spacial score (nSPS) is 11.2. The predicted molar refractivity (Wildman–Crippen MR) is 132 cm³/mol. The van der Waals surface area contributed by atoms with Crippen LogP contribution in [-0.4, -0.2) is 68.5 Å². The number of unbranched alkanes of at least 4 members (excludes halogenated alkanes) is 4. The zero-order chi connectivity index (χ0) is 25.2. The third kappa shape index (κ3) is 13.9. The van der Waals surface area contributed by atoms with E-state index in [2.05, 4.69) is 31.2 Å². The summed E-state index contributed by atoms with van der Waals surface area (Å²) < 4.78 is 10.8. The van der Waals surface area contributed by atoms with Crippen molar-refractivity contribution in [3.05, 3.63) is 22.1 Å². The molecule has 13 heteroatoms. The summed E-state index contributed by atoms with van der Waals surface area (Å²) in [5, 5.41) is 10.8. The van der Waals surface area contributed by atoms with E-state index in [9.17, 15) is 19.2 Å². The van der Waals surface area contributed by atoms with Gasteiger partial charge in [0.2, 0.25) is 5.95 Å². The molecule has 0 saturated carbocycles. The number of carbonyl (C=O) groups excluding carboxylic acids is 2. The van der Waals surface area contributed by atoms with Crippen LogP contribution in [0.2, 0.25) is 6.04 Å². The second kappa shape index (κ2) is 17.0. The molecule has 0 unspecified atom stereocenters. The lowest BCUT2D eigenvalue weighted by molar-refractivity contribution is 0.107. The minimum absolute atomic E-state index is 0.117. The molecular formula is C21H40N6O6Si. The lowest BCUT2D eigenvalue weighted by Gasteiger charge is -2.22. The van der Waals surface area contributed by atoms with Crippen LogP contribution < -0.4 is 26.8 Å². The van der Waals surface area contributed by atoms with Crippen molar-refractivity contribution in [1.29, 1.82) is 0 Å². The van der Waals surface area contributed by atoms with Crippen LogP contribution in [0.1, 0.15) is 58.1 Å². The zero-order valence-electron chi connectivity index (χ0n) is 20.5. The fourth-order valence-corrected chi connectivity index (χ4v) is 5.14. The molecule has 1 aromatic heterocycles. The van der Waals surface area contributed by atoms with Gasteiger partial charge in [-0.2, -0.15) is 0 Å². The number of aryl methyl sites for hydroxylation is 1. The maximum absolute atomic E-state index is 11.8. The summed E-state index contributed by atoms with van der Waals surface area (Å²) in [5.41, 5.74) is 0.204. The number of anilines is 1. The van der Waals surface area contributed by atoms with Crippen LogP contribution in [-0.2, 0) is 8.85 Å². The Morgan fingerprint density at radius 1 is 0.941 bits per heavy atom. The molecule has 6 N–H and O–H groups in total. The molecule has 1 rings (SSSR count). The summed E-state index contributed by atoms with van der Waals surface area (Å²) in [6.45, 7) is 7.77. The molecule has 1 aromatic rings. The van der Waals surface area contributed by atoms with Gasteiger partial charge in [-0.3, -0.25) is 15.1 Å². The van der Waals surface area contributed by atoms with Gasteiger partial charge in [0, 0.05) is 50.7 Å². The van der Waals surface area contributed by atoms with E-state index in [1.807, 2.05) is 13.8 Å². The summed E-state index contributed by atoms with van der Waals surface area (Å²) in [6.07, 6.45) is 4.93. The van der Waals surface area contributed by atoms with Gasteiger partial charge in [0.25, 0.3) is 5.56 Å². The van der Waals surface area contributed by atoms with Gasteiger partial charge in [0.1, 0.15) is 0 Å². The third-order valence-corrected chi connectivity index (χ3v) is 7.19. The van der Waals surface area contributed by atoms with Gasteiger partial charge in [-0.15, -0.1) is 0 Å². The average Bonchev–Trinajstić information content (AvgIpc) is 2.75. The number of urea groups is 2. The van der Waals surface area contributed by atoms with Crippen LogP contribution in [0.4, 0.5) is 15.5 Å². The van der Waals surface area contributed by atoms with E-state index >= 15 is 0 Å². The molecule has 0 spiro atoms. The maximum atomic E-state index is 11.8. The van der Waals surface area contributed by atoms with E-state index in [0.29, 0.717) is 51.0 Å². The summed E-state index contributed by atoms with van der Waals surface area (Å²) in [4.78, 5) is 51.8. The number of H-pyrrole nitrogens is 1. The topological polar surface area (TPSA) is 167 Å². The first-order valence-corrected chi connectivity index (χ1v) is 13.9. The number of hydrogen-bond donors (Lipinski definition) is 6. The van der Waals surface area contributed by atoms with Crippen molar-refractivity contribution in [3.8, 4) is 0 Å². The first kappa shape index (κ1) is 29.5. The molecule has 0 fully saturated rings. The molecule has 0 aromatic carbocycles. The number of rotatable bonds is 17. The molecule has 0 atom stereocenters. The Balaban J connectivity index is 1.99. The molecule has 194 valence electrons. The van der Waals surface area contributed by atoms with Crippen LogP contribution in [0, 0.1) is 6.92 Å². The minimum atomic E-state index is -3.07. The molecular weight excluding hydrogens is 460 g/mol. The largest absolute Gasteiger partial charge is 0.498 e. The zero-order valence-corrected chi connectivity index (χ0v) is 21.5. The van der Waals surface area contributed by atoms with E-state index in [1.54, 1.807) is 6.92 Å². The molecule has 0 aliphatic heterocycles.